The average molecular weight is 496 g/mol. The topological polar surface area (TPSA) is 91.8 Å². The van der Waals surface area contributed by atoms with Crippen LogP contribution in [0.5, 0.6) is 5.75 Å². The lowest BCUT2D eigenvalue weighted by atomic mass is 9.90. The van der Waals surface area contributed by atoms with E-state index in [1.807, 2.05) is 18.2 Å². The fourth-order valence-electron chi connectivity index (χ4n) is 2.84. The number of guanidine groups is 1. The Kier molecular flexibility index (Phi) is 8.61. The van der Waals surface area contributed by atoms with Crippen LogP contribution in [0.15, 0.2) is 29.3 Å². The van der Waals surface area contributed by atoms with Crippen LogP contribution in [-0.4, -0.2) is 46.4 Å². The number of halogens is 1. The molecule has 0 radical (unpaired) electrons. The maximum absolute atomic E-state index is 11.0. The van der Waals surface area contributed by atoms with Crippen LogP contribution in [0.4, 0.5) is 0 Å². The fourth-order valence-corrected chi connectivity index (χ4v) is 3.36. The highest BCUT2D eigenvalue weighted by molar-refractivity contribution is 14.0. The van der Waals surface area contributed by atoms with Crippen LogP contribution in [0.25, 0.3) is 0 Å². The molecule has 1 aromatic rings. The van der Waals surface area contributed by atoms with E-state index in [-0.39, 0.29) is 35.6 Å². The van der Waals surface area contributed by atoms with Gasteiger partial charge in [-0.1, -0.05) is 18.2 Å². The Bertz CT molecular complexity index is 722. The number of fused-ring (bicyclic) bond motifs is 1. The summed E-state index contributed by atoms with van der Waals surface area (Å²) in [4.78, 5) is 4.26. The zero-order valence-electron chi connectivity index (χ0n) is 15.7. The zero-order valence-corrected chi connectivity index (χ0v) is 18.9. The molecule has 0 aromatic heterocycles. The zero-order chi connectivity index (χ0) is 18.5. The molecule has 0 amide bonds. The smallest absolute Gasteiger partial charge is 0.208 e. The summed E-state index contributed by atoms with van der Waals surface area (Å²) >= 11 is 0. The van der Waals surface area contributed by atoms with Gasteiger partial charge in [-0.2, -0.15) is 0 Å². The molecule has 7 nitrogen and oxygen atoms in total. The van der Waals surface area contributed by atoms with Crippen molar-refractivity contribution in [2.24, 2.45) is 4.99 Å². The third-order valence-corrected chi connectivity index (χ3v) is 4.65. The number of aliphatic imine (C=N–C) groups is 1. The maximum Gasteiger partial charge on any atom is 0.208 e. The number of nitrogens with zero attached hydrogens (tertiary/aromatic N) is 1. The predicted molar refractivity (Wildman–Crippen MR) is 116 cm³/mol. The van der Waals surface area contributed by atoms with Crippen molar-refractivity contribution in [2.75, 3.05) is 26.4 Å². The Morgan fingerprint density at radius 2 is 2.00 bits per heavy atom. The van der Waals surface area contributed by atoms with Crippen molar-refractivity contribution in [3.63, 3.8) is 0 Å². The number of sulfonamides is 1. The van der Waals surface area contributed by atoms with Crippen LogP contribution in [0, 0.1) is 0 Å². The molecule has 0 saturated heterocycles. The molecule has 1 atom stereocenters. The van der Waals surface area contributed by atoms with Crippen molar-refractivity contribution in [3.8, 4) is 5.75 Å². The summed E-state index contributed by atoms with van der Waals surface area (Å²) in [5.41, 5.74) is 0.855. The van der Waals surface area contributed by atoms with Gasteiger partial charge in [0, 0.05) is 32.1 Å². The van der Waals surface area contributed by atoms with Crippen LogP contribution >= 0.6 is 24.0 Å². The van der Waals surface area contributed by atoms with Gasteiger partial charge in [-0.3, -0.25) is 4.99 Å². The highest BCUT2D eigenvalue weighted by atomic mass is 127. The van der Waals surface area contributed by atoms with Crippen LogP contribution in [-0.2, 0) is 10.0 Å². The van der Waals surface area contributed by atoms with Crippen molar-refractivity contribution in [1.82, 2.24) is 15.4 Å². The first-order chi connectivity index (χ1) is 11.7. The fraction of sp³-hybridized carbons (Fsp3) is 0.588. The SMILES string of the molecule is CN=C(NCCCNS(C)(=O)=O)NC1CC(C)(C)Oc2ccccc21.I. The number of hydrogen-bond donors (Lipinski definition) is 3. The molecule has 148 valence electrons. The molecule has 2 rings (SSSR count). The second-order valence-corrected chi connectivity index (χ2v) is 8.65. The minimum absolute atomic E-state index is 0. The normalized spacial score (nSPS) is 18.9. The van der Waals surface area contributed by atoms with Gasteiger partial charge in [-0.05, 0) is 26.3 Å². The van der Waals surface area contributed by atoms with Gasteiger partial charge < -0.3 is 15.4 Å². The molecule has 0 spiro atoms. The van der Waals surface area contributed by atoms with E-state index >= 15 is 0 Å². The van der Waals surface area contributed by atoms with Crippen LogP contribution in [0.2, 0.25) is 0 Å². The van der Waals surface area contributed by atoms with Gasteiger partial charge in [0.25, 0.3) is 0 Å². The molecule has 26 heavy (non-hydrogen) atoms. The Hall–Kier alpha value is -1.07. The number of ether oxygens (including phenoxy) is 1. The average Bonchev–Trinajstić information content (AvgIpc) is 2.51. The third-order valence-electron chi connectivity index (χ3n) is 3.92. The summed E-state index contributed by atoms with van der Waals surface area (Å²) in [7, 11) is -1.41. The van der Waals surface area contributed by atoms with Gasteiger partial charge in [0.2, 0.25) is 10.0 Å². The Balaban J connectivity index is 0.00000338. The molecule has 0 fully saturated rings. The molecule has 0 bridgehead atoms. The van der Waals surface area contributed by atoms with E-state index in [0.717, 1.165) is 24.0 Å². The van der Waals surface area contributed by atoms with Crippen molar-refractivity contribution >= 4 is 40.0 Å². The molecule has 0 saturated carbocycles. The molecule has 1 aliphatic rings. The quantitative estimate of drug-likeness (QED) is 0.243. The van der Waals surface area contributed by atoms with Crippen molar-refractivity contribution < 1.29 is 13.2 Å². The number of para-hydroxylation sites is 1. The molecule has 1 aliphatic heterocycles. The molecule has 3 N–H and O–H groups in total. The lowest BCUT2D eigenvalue weighted by Gasteiger charge is -2.38. The first-order valence-corrected chi connectivity index (χ1v) is 10.3. The molecule has 0 aliphatic carbocycles. The van der Waals surface area contributed by atoms with Gasteiger partial charge in [-0.25, -0.2) is 13.1 Å². The van der Waals surface area contributed by atoms with Crippen molar-refractivity contribution in [3.05, 3.63) is 29.8 Å². The van der Waals surface area contributed by atoms with Gasteiger partial charge in [-0.15, -0.1) is 24.0 Å². The Morgan fingerprint density at radius 1 is 1.31 bits per heavy atom. The standard InChI is InChI=1S/C17H28N4O3S.HI/c1-17(2)12-14(13-8-5-6-9-15(13)24-17)21-16(18-3)19-10-7-11-20-25(4,22)23;/h5-6,8-9,14,20H,7,10-12H2,1-4H3,(H2,18,19,21);1H. The van der Waals surface area contributed by atoms with E-state index < -0.39 is 10.0 Å². The van der Waals surface area contributed by atoms with E-state index in [1.165, 1.54) is 0 Å². The molecule has 1 aromatic carbocycles. The van der Waals surface area contributed by atoms with Gasteiger partial charge in [0.05, 0.1) is 12.3 Å². The summed E-state index contributed by atoms with van der Waals surface area (Å²) in [6, 6.07) is 8.12. The van der Waals surface area contributed by atoms with E-state index in [4.69, 9.17) is 4.74 Å². The molecule has 1 unspecified atom stereocenters. The van der Waals surface area contributed by atoms with E-state index in [2.05, 4.69) is 40.3 Å². The first kappa shape index (κ1) is 23.0. The van der Waals surface area contributed by atoms with Gasteiger partial charge >= 0.3 is 0 Å². The first-order valence-electron chi connectivity index (χ1n) is 8.40. The highest BCUT2D eigenvalue weighted by Gasteiger charge is 2.33. The maximum atomic E-state index is 11.0. The summed E-state index contributed by atoms with van der Waals surface area (Å²) in [6.07, 6.45) is 2.65. The minimum atomic E-state index is -3.14. The number of nitrogens with one attached hydrogen (secondary N) is 3. The van der Waals surface area contributed by atoms with Gasteiger partial charge in [0.15, 0.2) is 5.96 Å². The van der Waals surface area contributed by atoms with Crippen LogP contribution < -0.4 is 20.1 Å². The largest absolute Gasteiger partial charge is 0.487 e. The molecular formula is C17H29IN4O3S. The van der Waals surface area contributed by atoms with E-state index in [1.54, 1.807) is 7.05 Å². The van der Waals surface area contributed by atoms with Crippen LogP contribution in [0.1, 0.15) is 38.3 Å². The lowest BCUT2D eigenvalue weighted by molar-refractivity contribution is 0.0694. The summed E-state index contributed by atoms with van der Waals surface area (Å²) in [6.45, 7) is 5.17. The Labute approximate surface area is 173 Å². The van der Waals surface area contributed by atoms with Crippen LogP contribution in [0.3, 0.4) is 0 Å². The van der Waals surface area contributed by atoms with Crippen molar-refractivity contribution in [2.45, 2.75) is 38.3 Å². The van der Waals surface area contributed by atoms with Crippen molar-refractivity contribution in [1.29, 1.82) is 0 Å². The highest BCUT2D eigenvalue weighted by Crippen LogP contribution is 2.39. The third kappa shape index (κ3) is 7.28. The van der Waals surface area contributed by atoms with E-state index in [9.17, 15) is 8.42 Å². The second kappa shape index (κ2) is 9.75. The summed E-state index contributed by atoms with van der Waals surface area (Å²) < 4.78 is 30.6. The molecule has 9 heteroatoms. The van der Waals surface area contributed by atoms with E-state index in [0.29, 0.717) is 25.5 Å². The molecule has 1 heterocycles. The van der Waals surface area contributed by atoms with Gasteiger partial charge in [0.1, 0.15) is 11.4 Å². The number of hydrogen-bond acceptors (Lipinski definition) is 4. The number of rotatable bonds is 6. The minimum Gasteiger partial charge on any atom is -0.487 e. The summed E-state index contributed by atoms with van der Waals surface area (Å²) in [5.74, 6) is 1.58. The lowest BCUT2D eigenvalue weighted by Crippen LogP contribution is -2.45. The Morgan fingerprint density at radius 3 is 2.65 bits per heavy atom. The second-order valence-electron chi connectivity index (χ2n) is 6.82. The monoisotopic (exact) mass is 496 g/mol. The predicted octanol–water partition coefficient (Wildman–Crippen LogP) is 2.01. The summed E-state index contributed by atoms with van der Waals surface area (Å²) in [5, 5.41) is 6.67. The number of benzene rings is 1. The molecular weight excluding hydrogens is 467 g/mol.